The molecule has 0 N–H and O–H groups in total. The summed E-state index contributed by atoms with van der Waals surface area (Å²) in [5.74, 6) is 0. The number of rotatable bonds is 1. The van der Waals surface area contributed by atoms with Crippen LogP contribution in [0, 0.1) is 6.92 Å². The highest BCUT2D eigenvalue weighted by molar-refractivity contribution is 5.74. The Hall–Kier alpha value is -1.30. The van der Waals surface area contributed by atoms with Gasteiger partial charge >= 0.3 is 0 Å². The quantitative estimate of drug-likeness (QED) is 0.601. The number of aryl methyl sites for hydroxylation is 1. The first-order valence-electron chi connectivity index (χ1n) is 4.80. The Kier molecular flexibility index (Phi) is 5.69. The molecule has 1 aliphatic carbocycles. The average molecular weight is 202 g/mol. The third-order valence-corrected chi connectivity index (χ3v) is 2.35. The lowest BCUT2D eigenvalue weighted by molar-refractivity contribution is 1.04. The van der Waals surface area contributed by atoms with E-state index >= 15 is 0 Å². The SMILES string of the molecule is C.C.Cc1cccc(C2=CCCC=C2)c1. The van der Waals surface area contributed by atoms with Crippen molar-refractivity contribution in [2.75, 3.05) is 0 Å². The molecule has 0 heterocycles. The summed E-state index contributed by atoms with van der Waals surface area (Å²) in [7, 11) is 0. The Bertz CT molecular complexity index is 356. The first-order valence-corrected chi connectivity index (χ1v) is 4.80. The predicted molar refractivity (Wildman–Crippen MR) is 71.0 cm³/mol. The Balaban J connectivity index is 0.000000980. The van der Waals surface area contributed by atoms with Gasteiger partial charge in [-0.2, -0.15) is 0 Å². The second-order valence-corrected chi connectivity index (χ2v) is 3.51. The van der Waals surface area contributed by atoms with E-state index in [1.165, 1.54) is 29.5 Å². The zero-order valence-corrected chi connectivity index (χ0v) is 7.96. The summed E-state index contributed by atoms with van der Waals surface area (Å²) in [4.78, 5) is 0. The van der Waals surface area contributed by atoms with Crippen LogP contribution in [0.2, 0.25) is 0 Å². The molecule has 1 aliphatic rings. The molecular weight excluding hydrogens is 180 g/mol. The van der Waals surface area contributed by atoms with E-state index in [9.17, 15) is 0 Å². The number of hydrogen-bond donors (Lipinski definition) is 0. The van der Waals surface area contributed by atoms with Crippen LogP contribution in [0.4, 0.5) is 0 Å². The highest BCUT2D eigenvalue weighted by Gasteiger charge is 2.00. The molecule has 0 spiro atoms. The molecule has 0 saturated carbocycles. The lowest BCUT2D eigenvalue weighted by Crippen LogP contribution is -1.86. The third-order valence-electron chi connectivity index (χ3n) is 2.35. The Labute approximate surface area is 94.3 Å². The molecule has 0 unspecified atom stereocenters. The molecule has 0 radical (unpaired) electrons. The number of allylic oxidation sites excluding steroid dienone is 4. The Morgan fingerprint density at radius 3 is 2.47 bits per heavy atom. The summed E-state index contributed by atoms with van der Waals surface area (Å²) in [5, 5.41) is 0. The van der Waals surface area contributed by atoms with Crippen LogP contribution >= 0.6 is 0 Å². The normalized spacial score (nSPS) is 13.5. The summed E-state index contributed by atoms with van der Waals surface area (Å²) in [6.07, 6.45) is 9.15. The highest BCUT2D eigenvalue weighted by atomic mass is 14.0. The maximum atomic E-state index is 2.31. The van der Waals surface area contributed by atoms with Gasteiger partial charge in [-0.05, 0) is 30.9 Å². The molecule has 1 aromatic rings. The zero-order chi connectivity index (χ0) is 9.10. The van der Waals surface area contributed by atoms with E-state index in [-0.39, 0.29) is 14.9 Å². The molecule has 0 fully saturated rings. The molecule has 15 heavy (non-hydrogen) atoms. The van der Waals surface area contributed by atoms with Crippen molar-refractivity contribution < 1.29 is 0 Å². The van der Waals surface area contributed by atoms with Crippen LogP contribution in [0.5, 0.6) is 0 Å². The van der Waals surface area contributed by atoms with Gasteiger partial charge in [0.05, 0.1) is 0 Å². The number of hydrogen-bond acceptors (Lipinski definition) is 0. The van der Waals surface area contributed by atoms with Crippen LogP contribution in [0.1, 0.15) is 38.8 Å². The second-order valence-electron chi connectivity index (χ2n) is 3.51. The third kappa shape index (κ3) is 3.39. The van der Waals surface area contributed by atoms with Crippen molar-refractivity contribution in [3.63, 3.8) is 0 Å². The van der Waals surface area contributed by atoms with Crippen LogP contribution in [0.25, 0.3) is 5.57 Å². The molecule has 1 aromatic carbocycles. The zero-order valence-electron chi connectivity index (χ0n) is 7.96. The second kappa shape index (κ2) is 6.23. The standard InChI is InChI=1S/C13H14.2CH4/c1-11-6-5-9-13(10-11)12-7-3-2-4-8-12;;/h3,5-10H,2,4H2,1H3;2*1H4. The fraction of sp³-hybridized carbons (Fsp3) is 0.333. The highest BCUT2D eigenvalue weighted by Crippen LogP contribution is 2.21. The fourth-order valence-corrected chi connectivity index (χ4v) is 1.65. The average Bonchev–Trinajstić information content (AvgIpc) is 2.19. The van der Waals surface area contributed by atoms with E-state index in [0.717, 1.165) is 0 Å². The van der Waals surface area contributed by atoms with Gasteiger partial charge in [-0.1, -0.05) is 62.9 Å². The van der Waals surface area contributed by atoms with Crippen LogP contribution < -0.4 is 0 Å². The predicted octanol–water partition coefficient (Wildman–Crippen LogP) is 5.00. The summed E-state index contributed by atoms with van der Waals surface area (Å²) < 4.78 is 0. The topological polar surface area (TPSA) is 0 Å². The fourth-order valence-electron chi connectivity index (χ4n) is 1.65. The molecule has 0 atom stereocenters. The van der Waals surface area contributed by atoms with E-state index in [4.69, 9.17) is 0 Å². The van der Waals surface area contributed by atoms with Crippen LogP contribution in [0.3, 0.4) is 0 Å². The lowest BCUT2D eigenvalue weighted by Gasteiger charge is -2.07. The van der Waals surface area contributed by atoms with Crippen molar-refractivity contribution in [2.45, 2.75) is 34.6 Å². The molecule has 0 aliphatic heterocycles. The minimum Gasteiger partial charge on any atom is -0.0836 e. The summed E-state index contributed by atoms with van der Waals surface area (Å²) in [6.45, 7) is 2.14. The molecular formula is C15H22. The lowest BCUT2D eigenvalue weighted by atomic mass is 9.98. The monoisotopic (exact) mass is 202 g/mol. The van der Waals surface area contributed by atoms with Gasteiger partial charge in [0.25, 0.3) is 0 Å². The van der Waals surface area contributed by atoms with Gasteiger partial charge in [-0.3, -0.25) is 0 Å². The summed E-state index contributed by atoms with van der Waals surface area (Å²) in [5.41, 5.74) is 4.04. The summed E-state index contributed by atoms with van der Waals surface area (Å²) >= 11 is 0. The van der Waals surface area contributed by atoms with E-state index in [0.29, 0.717) is 0 Å². The van der Waals surface area contributed by atoms with Crippen molar-refractivity contribution >= 4 is 5.57 Å². The summed E-state index contributed by atoms with van der Waals surface area (Å²) in [6, 6.07) is 8.67. The van der Waals surface area contributed by atoms with Crippen molar-refractivity contribution in [2.24, 2.45) is 0 Å². The smallest absolute Gasteiger partial charge is 0.0185 e. The Morgan fingerprint density at radius 2 is 1.87 bits per heavy atom. The maximum absolute atomic E-state index is 2.31. The van der Waals surface area contributed by atoms with Crippen LogP contribution in [-0.4, -0.2) is 0 Å². The maximum Gasteiger partial charge on any atom is -0.0185 e. The van der Waals surface area contributed by atoms with Crippen molar-refractivity contribution in [1.82, 2.24) is 0 Å². The first kappa shape index (κ1) is 13.7. The largest absolute Gasteiger partial charge is 0.0836 e. The minimum atomic E-state index is 0. The van der Waals surface area contributed by atoms with Gasteiger partial charge in [-0.15, -0.1) is 0 Å². The molecule has 0 heteroatoms. The van der Waals surface area contributed by atoms with E-state index < -0.39 is 0 Å². The molecule has 2 rings (SSSR count). The minimum absolute atomic E-state index is 0. The van der Waals surface area contributed by atoms with Gasteiger partial charge in [0.15, 0.2) is 0 Å². The first-order chi connectivity index (χ1) is 6.36. The molecule has 0 aromatic heterocycles. The van der Waals surface area contributed by atoms with E-state index in [2.05, 4.69) is 49.4 Å². The van der Waals surface area contributed by atoms with Crippen LogP contribution in [-0.2, 0) is 0 Å². The van der Waals surface area contributed by atoms with E-state index in [1.807, 2.05) is 0 Å². The van der Waals surface area contributed by atoms with Gasteiger partial charge < -0.3 is 0 Å². The van der Waals surface area contributed by atoms with E-state index in [1.54, 1.807) is 0 Å². The Morgan fingerprint density at radius 1 is 1.07 bits per heavy atom. The van der Waals surface area contributed by atoms with Gasteiger partial charge in [0.2, 0.25) is 0 Å². The van der Waals surface area contributed by atoms with Crippen molar-refractivity contribution in [3.8, 4) is 0 Å². The molecule has 82 valence electrons. The van der Waals surface area contributed by atoms with Crippen molar-refractivity contribution in [1.29, 1.82) is 0 Å². The van der Waals surface area contributed by atoms with Crippen LogP contribution in [0.15, 0.2) is 42.5 Å². The molecule has 0 saturated heterocycles. The molecule has 0 bridgehead atoms. The van der Waals surface area contributed by atoms with Crippen molar-refractivity contribution in [3.05, 3.63) is 53.6 Å². The molecule has 0 nitrogen and oxygen atoms in total. The van der Waals surface area contributed by atoms with Gasteiger partial charge in [-0.25, -0.2) is 0 Å². The van der Waals surface area contributed by atoms with Gasteiger partial charge in [0, 0.05) is 0 Å². The molecule has 0 amide bonds. The van der Waals surface area contributed by atoms with Gasteiger partial charge in [0.1, 0.15) is 0 Å². The number of benzene rings is 1.